The van der Waals surface area contributed by atoms with Crippen molar-refractivity contribution in [2.24, 2.45) is 0 Å². The third-order valence-corrected chi connectivity index (χ3v) is 3.20. The normalized spacial score (nSPS) is 10.6. The molecular weight excluding hydrogens is 252 g/mol. The number of aryl methyl sites for hydroxylation is 1. The number of methoxy groups -OCH3 is 1. The number of hydrogen-bond acceptors (Lipinski definition) is 3. The van der Waals surface area contributed by atoms with Crippen molar-refractivity contribution in [2.45, 2.75) is 20.4 Å². The van der Waals surface area contributed by atoms with Gasteiger partial charge in [0, 0.05) is 17.7 Å². The number of benzene rings is 1. The third-order valence-electron chi connectivity index (χ3n) is 3.20. The van der Waals surface area contributed by atoms with Crippen LogP contribution < -0.4 is 15.6 Å². The number of nitrogens with one attached hydrogen (secondary N) is 2. The fourth-order valence-corrected chi connectivity index (χ4v) is 2.09. The lowest BCUT2D eigenvalue weighted by molar-refractivity contribution is 0.416. The molecule has 0 amide bonds. The summed E-state index contributed by atoms with van der Waals surface area (Å²) in [5.74, 6) is 0.755. The molecule has 1 aromatic heterocycles. The molecule has 4 heteroatoms. The summed E-state index contributed by atoms with van der Waals surface area (Å²) < 4.78 is 5.36. The summed E-state index contributed by atoms with van der Waals surface area (Å²) in [7, 11) is 1.63. The minimum absolute atomic E-state index is 0.0630. The van der Waals surface area contributed by atoms with Crippen LogP contribution in [0.5, 0.6) is 5.75 Å². The van der Waals surface area contributed by atoms with Gasteiger partial charge < -0.3 is 15.0 Å². The summed E-state index contributed by atoms with van der Waals surface area (Å²) in [5, 5.41) is 3.15. The molecule has 20 heavy (non-hydrogen) atoms. The van der Waals surface area contributed by atoms with Crippen molar-refractivity contribution in [3.05, 3.63) is 51.8 Å². The summed E-state index contributed by atoms with van der Waals surface area (Å²) >= 11 is 0. The van der Waals surface area contributed by atoms with Crippen molar-refractivity contribution in [2.75, 3.05) is 13.7 Å². The Morgan fingerprint density at radius 3 is 2.70 bits per heavy atom. The van der Waals surface area contributed by atoms with E-state index >= 15 is 0 Å². The molecule has 2 aromatic rings. The van der Waals surface area contributed by atoms with Crippen molar-refractivity contribution in [1.82, 2.24) is 10.3 Å². The van der Waals surface area contributed by atoms with Gasteiger partial charge in [-0.3, -0.25) is 4.79 Å². The second-order valence-corrected chi connectivity index (χ2v) is 4.71. The van der Waals surface area contributed by atoms with E-state index in [0.717, 1.165) is 34.7 Å². The van der Waals surface area contributed by atoms with Gasteiger partial charge in [0.05, 0.1) is 12.8 Å². The number of rotatable bonds is 5. The molecule has 0 saturated heterocycles. The van der Waals surface area contributed by atoms with E-state index < -0.39 is 0 Å². The van der Waals surface area contributed by atoms with Gasteiger partial charge in [0.25, 0.3) is 5.56 Å². The maximum absolute atomic E-state index is 12.1. The quantitative estimate of drug-likeness (QED) is 0.879. The smallest absolute Gasteiger partial charge is 0.252 e. The van der Waals surface area contributed by atoms with Crippen LogP contribution in [-0.2, 0) is 6.54 Å². The van der Waals surface area contributed by atoms with Crippen molar-refractivity contribution >= 4 is 0 Å². The van der Waals surface area contributed by atoms with Gasteiger partial charge in [0.2, 0.25) is 0 Å². The monoisotopic (exact) mass is 272 g/mol. The Hall–Kier alpha value is -2.07. The summed E-state index contributed by atoms with van der Waals surface area (Å²) in [4.78, 5) is 15.0. The Kier molecular flexibility index (Phi) is 4.58. The van der Waals surface area contributed by atoms with E-state index in [1.54, 1.807) is 7.11 Å². The standard InChI is InChI=1S/C16H20N2O2/c1-4-17-10-12-6-7-14(18-16(12)19)13-9-11(2)5-8-15(13)20-3/h5-9,17H,4,10H2,1-3H3,(H,18,19). The molecule has 106 valence electrons. The second-order valence-electron chi connectivity index (χ2n) is 4.71. The van der Waals surface area contributed by atoms with E-state index in [0.29, 0.717) is 6.54 Å². The molecule has 0 aliphatic carbocycles. The number of aromatic nitrogens is 1. The van der Waals surface area contributed by atoms with E-state index in [4.69, 9.17) is 4.74 Å². The molecule has 0 bridgehead atoms. The van der Waals surface area contributed by atoms with Crippen LogP contribution in [0.25, 0.3) is 11.3 Å². The van der Waals surface area contributed by atoms with Crippen molar-refractivity contribution < 1.29 is 4.74 Å². The van der Waals surface area contributed by atoms with Gasteiger partial charge in [-0.15, -0.1) is 0 Å². The van der Waals surface area contributed by atoms with E-state index in [2.05, 4.69) is 10.3 Å². The lowest BCUT2D eigenvalue weighted by Crippen LogP contribution is -2.20. The van der Waals surface area contributed by atoms with Crippen molar-refractivity contribution in [3.63, 3.8) is 0 Å². The maximum Gasteiger partial charge on any atom is 0.252 e. The molecule has 0 aliphatic rings. The van der Waals surface area contributed by atoms with Gasteiger partial charge in [-0.05, 0) is 31.7 Å². The van der Waals surface area contributed by atoms with Crippen LogP contribution in [0.4, 0.5) is 0 Å². The largest absolute Gasteiger partial charge is 0.496 e. The van der Waals surface area contributed by atoms with Crippen LogP contribution in [0.3, 0.4) is 0 Å². The number of pyridine rings is 1. The molecule has 2 rings (SSSR count). The zero-order valence-electron chi connectivity index (χ0n) is 12.1. The molecule has 4 nitrogen and oxygen atoms in total. The first-order chi connectivity index (χ1) is 9.65. The highest BCUT2D eigenvalue weighted by Crippen LogP contribution is 2.28. The van der Waals surface area contributed by atoms with Gasteiger partial charge in [0.1, 0.15) is 5.75 Å². The molecule has 0 radical (unpaired) electrons. The van der Waals surface area contributed by atoms with Crippen LogP contribution in [0.1, 0.15) is 18.1 Å². The fourth-order valence-electron chi connectivity index (χ4n) is 2.09. The van der Waals surface area contributed by atoms with Crippen LogP contribution in [-0.4, -0.2) is 18.6 Å². The topological polar surface area (TPSA) is 54.1 Å². The van der Waals surface area contributed by atoms with E-state index in [-0.39, 0.29) is 5.56 Å². The Labute approximate surface area is 118 Å². The molecule has 1 aromatic carbocycles. The highest BCUT2D eigenvalue weighted by atomic mass is 16.5. The van der Waals surface area contributed by atoms with Gasteiger partial charge in [-0.2, -0.15) is 0 Å². The first-order valence-corrected chi connectivity index (χ1v) is 6.73. The number of ether oxygens (including phenoxy) is 1. The van der Waals surface area contributed by atoms with Crippen LogP contribution in [0.15, 0.2) is 35.1 Å². The number of aromatic amines is 1. The lowest BCUT2D eigenvalue weighted by atomic mass is 10.1. The minimum atomic E-state index is -0.0630. The molecule has 0 aliphatic heterocycles. The third kappa shape index (κ3) is 3.08. The predicted molar refractivity (Wildman–Crippen MR) is 81.2 cm³/mol. The molecule has 2 N–H and O–H groups in total. The average molecular weight is 272 g/mol. The van der Waals surface area contributed by atoms with Crippen LogP contribution in [0, 0.1) is 6.92 Å². The fraction of sp³-hybridized carbons (Fsp3) is 0.312. The SMILES string of the molecule is CCNCc1ccc(-c2cc(C)ccc2OC)[nH]c1=O. The highest BCUT2D eigenvalue weighted by Gasteiger charge is 2.08. The summed E-state index contributed by atoms with van der Waals surface area (Å²) in [6, 6.07) is 9.69. The first-order valence-electron chi connectivity index (χ1n) is 6.73. The molecular formula is C16H20N2O2. The molecule has 0 unspecified atom stereocenters. The lowest BCUT2D eigenvalue weighted by Gasteiger charge is -2.10. The number of hydrogen-bond donors (Lipinski definition) is 2. The Morgan fingerprint density at radius 2 is 2.05 bits per heavy atom. The summed E-state index contributed by atoms with van der Waals surface area (Å²) in [6.07, 6.45) is 0. The minimum Gasteiger partial charge on any atom is -0.496 e. The van der Waals surface area contributed by atoms with Gasteiger partial charge in [-0.25, -0.2) is 0 Å². The maximum atomic E-state index is 12.1. The van der Waals surface area contributed by atoms with Crippen LogP contribution in [0.2, 0.25) is 0 Å². The van der Waals surface area contributed by atoms with Crippen LogP contribution >= 0.6 is 0 Å². The van der Waals surface area contributed by atoms with E-state index in [1.807, 2.05) is 44.2 Å². The van der Waals surface area contributed by atoms with Gasteiger partial charge >= 0.3 is 0 Å². The number of H-pyrrole nitrogens is 1. The first kappa shape index (κ1) is 14.3. The predicted octanol–water partition coefficient (Wildman–Crippen LogP) is 2.47. The molecule has 0 atom stereocenters. The van der Waals surface area contributed by atoms with Crippen molar-refractivity contribution in [3.8, 4) is 17.0 Å². The Morgan fingerprint density at radius 1 is 1.25 bits per heavy atom. The van der Waals surface area contributed by atoms with E-state index in [9.17, 15) is 4.79 Å². The van der Waals surface area contributed by atoms with Gasteiger partial charge in [-0.1, -0.05) is 24.6 Å². The summed E-state index contributed by atoms with van der Waals surface area (Å²) in [6.45, 7) is 5.45. The molecule has 0 saturated carbocycles. The molecule has 0 fully saturated rings. The zero-order chi connectivity index (χ0) is 14.5. The van der Waals surface area contributed by atoms with E-state index in [1.165, 1.54) is 0 Å². The van der Waals surface area contributed by atoms with Gasteiger partial charge in [0.15, 0.2) is 0 Å². The molecule has 1 heterocycles. The van der Waals surface area contributed by atoms with Crippen molar-refractivity contribution in [1.29, 1.82) is 0 Å². The summed E-state index contributed by atoms with van der Waals surface area (Å²) in [5.41, 5.74) is 3.48. The second kappa shape index (κ2) is 6.39. The average Bonchev–Trinajstić information content (AvgIpc) is 2.46. The zero-order valence-corrected chi connectivity index (χ0v) is 12.1. The molecule has 0 spiro atoms. The Balaban J connectivity index is 2.41. The Bertz CT molecular complexity index is 647. The highest BCUT2D eigenvalue weighted by molar-refractivity contribution is 5.68.